The summed E-state index contributed by atoms with van der Waals surface area (Å²) in [6.07, 6.45) is 10.1. The Kier molecular flexibility index (Phi) is 4.10. The van der Waals surface area contributed by atoms with Gasteiger partial charge in [0.15, 0.2) is 5.82 Å². The van der Waals surface area contributed by atoms with E-state index in [1.54, 1.807) is 18.6 Å². The van der Waals surface area contributed by atoms with Gasteiger partial charge < -0.3 is 15.0 Å². The Morgan fingerprint density at radius 3 is 2.48 bits per heavy atom. The number of nitrogens with two attached hydrogens (primary N) is 1. The zero-order valence-corrected chi connectivity index (χ0v) is 16.8. The molecule has 0 radical (unpaired) electrons. The van der Waals surface area contributed by atoms with Crippen molar-refractivity contribution in [2.24, 2.45) is 0 Å². The molecule has 1 saturated heterocycles. The molecule has 1 aliphatic heterocycles. The molecule has 0 amide bonds. The predicted octanol–water partition coefficient (Wildman–Crippen LogP) is 3.01. The van der Waals surface area contributed by atoms with Crippen LogP contribution in [0.3, 0.4) is 0 Å². The van der Waals surface area contributed by atoms with Crippen LogP contribution in [0.4, 0.5) is 5.82 Å². The first-order valence-corrected chi connectivity index (χ1v) is 10.4. The van der Waals surface area contributed by atoms with Crippen molar-refractivity contribution in [1.29, 1.82) is 0 Å². The predicted molar refractivity (Wildman–Crippen MR) is 112 cm³/mol. The first-order valence-electron chi connectivity index (χ1n) is 10.4. The first kappa shape index (κ1) is 18.2. The van der Waals surface area contributed by atoms with Crippen LogP contribution in [0, 0.1) is 0 Å². The molecule has 9 nitrogen and oxygen atoms in total. The van der Waals surface area contributed by atoms with Crippen LogP contribution in [-0.2, 0) is 10.2 Å². The van der Waals surface area contributed by atoms with Crippen molar-refractivity contribution in [2.75, 3.05) is 18.9 Å². The van der Waals surface area contributed by atoms with Gasteiger partial charge >= 0.3 is 0 Å². The van der Waals surface area contributed by atoms with Crippen molar-refractivity contribution in [3.63, 3.8) is 0 Å². The molecule has 2 N–H and O–H groups in total. The smallest absolute Gasteiger partial charge is 0.261 e. The van der Waals surface area contributed by atoms with Crippen LogP contribution < -0.4 is 5.73 Å². The number of rotatable bonds is 5. The number of benzene rings is 1. The lowest BCUT2D eigenvalue weighted by Gasteiger charge is -2.39. The van der Waals surface area contributed by atoms with Gasteiger partial charge in [0.05, 0.1) is 54.5 Å². The molecule has 1 saturated carbocycles. The van der Waals surface area contributed by atoms with Gasteiger partial charge in [-0.2, -0.15) is 10.1 Å². The highest BCUT2D eigenvalue weighted by Crippen LogP contribution is 2.48. The fraction of sp³-hybridized carbons (Fsp3) is 0.318. The molecule has 31 heavy (non-hydrogen) atoms. The Bertz CT molecular complexity index is 1210. The molecule has 1 aromatic carbocycles. The number of ether oxygens (including phenoxy) is 1. The molecular formula is C22H21N7O2. The number of nitrogen functional groups attached to an aromatic ring is 1. The summed E-state index contributed by atoms with van der Waals surface area (Å²) in [5.74, 6) is 1.64. The zero-order chi connectivity index (χ0) is 20.8. The largest absolute Gasteiger partial charge is 0.382 e. The normalized spacial score (nSPS) is 17.8. The van der Waals surface area contributed by atoms with Crippen molar-refractivity contribution in [3.8, 4) is 22.7 Å². The Hall–Kier alpha value is -3.59. The summed E-state index contributed by atoms with van der Waals surface area (Å²) in [6.45, 7) is 1.38. The van der Waals surface area contributed by atoms with E-state index in [0.29, 0.717) is 31.0 Å². The van der Waals surface area contributed by atoms with E-state index in [2.05, 4.69) is 44.5 Å². The van der Waals surface area contributed by atoms with E-state index in [1.807, 2.05) is 10.9 Å². The molecule has 0 spiro atoms. The number of nitrogens with zero attached hydrogens (tertiary/aromatic N) is 6. The summed E-state index contributed by atoms with van der Waals surface area (Å²) in [6, 6.07) is 8.65. The number of hydrogen-bond donors (Lipinski definition) is 1. The number of anilines is 1. The molecule has 2 fully saturated rings. The van der Waals surface area contributed by atoms with Crippen LogP contribution in [0.5, 0.6) is 0 Å². The molecule has 156 valence electrons. The topological polar surface area (TPSA) is 118 Å². The van der Waals surface area contributed by atoms with Crippen LogP contribution in [-0.4, -0.2) is 43.1 Å². The zero-order valence-electron chi connectivity index (χ0n) is 16.8. The summed E-state index contributed by atoms with van der Waals surface area (Å²) >= 11 is 0. The van der Waals surface area contributed by atoms with Gasteiger partial charge in [-0.3, -0.25) is 9.67 Å². The lowest BCUT2D eigenvalue weighted by atomic mass is 9.64. The van der Waals surface area contributed by atoms with Gasteiger partial charge in [0.1, 0.15) is 5.82 Å². The van der Waals surface area contributed by atoms with Gasteiger partial charge in [0, 0.05) is 11.8 Å². The van der Waals surface area contributed by atoms with Crippen LogP contribution in [0.25, 0.3) is 22.7 Å². The van der Waals surface area contributed by atoms with E-state index in [-0.39, 0.29) is 5.41 Å². The molecule has 3 aromatic heterocycles. The van der Waals surface area contributed by atoms with Crippen LogP contribution in [0.1, 0.15) is 36.7 Å². The van der Waals surface area contributed by atoms with E-state index in [1.165, 1.54) is 5.56 Å². The molecule has 6 rings (SSSR count). The quantitative estimate of drug-likeness (QED) is 0.528. The minimum atomic E-state index is -0.217. The molecule has 0 bridgehead atoms. The summed E-state index contributed by atoms with van der Waals surface area (Å²) in [7, 11) is 0. The summed E-state index contributed by atoms with van der Waals surface area (Å²) in [5.41, 5.74) is 9.22. The second-order valence-corrected chi connectivity index (χ2v) is 8.16. The average Bonchev–Trinajstić information content (AvgIpc) is 3.38. The minimum Gasteiger partial charge on any atom is -0.382 e. The summed E-state index contributed by atoms with van der Waals surface area (Å²) in [4.78, 5) is 13.2. The highest BCUT2D eigenvalue weighted by Gasteiger charge is 2.44. The van der Waals surface area contributed by atoms with Gasteiger partial charge in [0.2, 0.25) is 0 Å². The maximum absolute atomic E-state index is 5.64. The molecule has 0 unspecified atom stereocenters. The van der Waals surface area contributed by atoms with Gasteiger partial charge in [-0.25, -0.2) is 4.98 Å². The van der Waals surface area contributed by atoms with E-state index in [0.717, 1.165) is 41.9 Å². The molecule has 0 atom stereocenters. The summed E-state index contributed by atoms with van der Waals surface area (Å²) < 4.78 is 12.8. The number of hydrogen-bond acceptors (Lipinski definition) is 8. The second-order valence-electron chi connectivity index (χ2n) is 8.16. The van der Waals surface area contributed by atoms with Crippen LogP contribution in [0.15, 0.2) is 53.6 Å². The van der Waals surface area contributed by atoms with Crippen molar-refractivity contribution in [3.05, 3.63) is 60.4 Å². The van der Waals surface area contributed by atoms with Crippen molar-refractivity contribution < 1.29 is 9.26 Å². The number of aromatic nitrogens is 6. The maximum Gasteiger partial charge on any atom is 0.261 e. The third kappa shape index (κ3) is 3.00. The SMILES string of the molecule is Nc1cnc(-c2ccc(C3(c4noc(-c5cnn(C6COC6)c5)n4)CCC3)cc2)cn1. The van der Waals surface area contributed by atoms with Crippen molar-refractivity contribution >= 4 is 5.82 Å². The lowest BCUT2D eigenvalue weighted by molar-refractivity contribution is -0.0286. The highest BCUT2D eigenvalue weighted by molar-refractivity contribution is 5.60. The van der Waals surface area contributed by atoms with Gasteiger partial charge in [0.25, 0.3) is 5.89 Å². The molecular weight excluding hydrogens is 394 g/mol. The molecule has 2 aliphatic rings. The Balaban J connectivity index is 1.28. The third-order valence-corrected chi connectivity index (χ3v) is 6.31. The van der Waals surface area contributed by atoms with Crippen molar-refractivity contribution in [2.45, 2.75) is 30.7 Å². The van der Waals surface area contributed by atoms with Gasteiger partial charge in [-0.05, 0) is 18.4 Å². The maximum atomic E-state index is 5.64. The molecule has 9 heteroatoms. The van der Waals surface area contributed by atoms with E-state index >= 15 is 0 Å². The first-order chi connectivity index (χ1) is 15.2. The highest BCUT2D eigenvalue weighted by atomic mass is 16.5. The van der Waals surface area contributed by atoms with Gasteiger partial charge in [-0.15, -0.1) is 0 Å². The van der Waals surface area contributed by atoms with Crippen molar-refractivity contribution in [1.82, 2.24) is 29.9 Å². The van der Waals surface area contributed by atoms with E-state index < -0.39 is 0 Å². The lowest BCUT2D eigenvalue weighted by Crippen LogP contribution is -2.36. The average molecular weight is 415 g/mol. The standard InChI is InChI=1S/C22H21N7O2/c23-19-10-24-18(9-25-19)14-2-4-16(5-3-14)22(6-1-7-22)21-27-20(31-28-21)15-8-26-29(11-15)17-12-30-13-17/h2-5,8-11,17H,1,6-7,12-13H2,(H2,23,25). The van der Waals surface area contributed by atoms with E-state index in [9.17, 15) is 0 Å². The Morgan fingerprint density at radius 2 is 1.84 bits per heavy atom. The fourth-order valence-corrected chi connectivity index (χ4v) is 4.18. The third-order valence-electron chi connectivity index (χ3n) is 6.31. The minimum absolute atomic E-state index is 0.217. The Labute approximate surface area is 178 Å². The Morgan fingerprint density at radius 1 is 1.00 bits per heavy atom. The van der Waals surface area contributed by atoms with Crippen LogP contribution in [0.2, 0.25) is 0 Å². The summed E-state index contributed by atoms with van der Waals surface area (Å²) in [5, 5.41) is 8.77. The monoisotopic (exact) mass is 415 g/mol. The molecule has 4 aromatic rings. The van der Waals surface area contributed by atoms with Crippen LogP contribution >= 0.6 is 0 Å². The fourth-order valence-electron chi connectivity index (χ4n) is 4.18. The van der Waals surface area contributed by atoms with E-state index in [4.69, 9.17) is 20.0 Å². The van der Waals surface area contributed by atoms with Gasteiger partial charge in [-0.1, -0.05) is 35.8 Å². The molecule has 1 aliphatic carbocycles. The molecule has 4 heterocycles. The second kappa shape index (κ2) is 6.98.